The minimum Gasteiger partial charge on any atom is -0.302 e. The lowest BCUT2D eigenvalue weighted by Crippen LogP contribution is -2.34. The molecule has 0 radical (unpaired) electrons. The summed E-state index contributed by atoms with van der Waals surface area (Å²) in [7, 11) is 0. The van der Waals surface area contributed by atoms with E-state index >= 15 is 0 Å². The topological polar surface area (TPSA) is 20.3 Å². The molecule has 0 aliphatic rings. The summed E-state index contributed by atoms with van der Waals surface area (Å²) in [6, 6.07) is 0.543. The first kappa shape index (κ1) is 11.6. The summed E-state index contributed by atoms with van der Waals surface area (Å²) in [5, 5.41) is 0. The van der Waals surface area contributed by atoms with Crippen molar-refractivity contribution in [2.45, 2.75) is 46.1 Å². The monoisotopic (exact) mass is 171 g/mol. The van der Waals surface area contributed by atoms with Crippen LogP contribution in [-0.4, -0.2) is 30.3 Å². The first-order valence-electron chi connectivity index (χ1n) is 4.93. The van der Waals surface area contributed by atoms with Crippen molar-refractivity contribution in [2.75, 3.05) is 13.1 Å². The highest BCUT2D eigenvalue weighted by Gasteiger charge is 2.09. The minimum atomic E-state index is 0.543. The van der Waals surface area contributed by atoms with Gasteiger partial charge in [-0.1, -0.05) is 20.3 Å². The minimum absolute atomic E-state index is 0.543. The third-order valence-electron chi connectivity index (χ3n) is 2.32. The van der Waals surface area contributed by atoms with Crippen molar-refractivity contribution in [3.05, 3.63) is 0 Å². The third-order valence-corrected chi connectivity index (χ3v) is 2.32. The standard InChI is InChI=1S/C10H21NO/c1-4-6-7-11(8-9-12)10(3)5-2/h9-10H,4-8H2,1-3H3. The van der Waals surface area contributed by atoms with Gasteiger partial charge in [-0.15, -0.1) is 0 Å². The highest BCUT2D eigenvalue weighted by molar-refractivity contribution is 5.52. The molecular weight excluding hydrogens is 150 g/mol. The van der Waals surface area contributed by atoms with E-state index in [4.69, 9.17) is 0 Å². The van der Waals surface area contributed by atoms with E-state index in [1.807, 2.05) is 0 Å². The number of hydrogen-bond donors (Lipinski definition) is 0. The molecule has 0 fully saturated rings. The molecule has 0 aromatic rings. The van der Waals surface area contributed by atoms with Crippen LogP contribution in [0.5, 0.6) is 0 Å². The average Bonchev–Trinajstić information content (AvgIpc) is 2.11. The first-order chi connectivity index (χ1) is 5.76. The van der Waals surface area contributed by atoms with Gasteiger partial charge in [0.2, 0.25) is 0 Å². The van der Waals surface area contributed by atoms with Crippen molar-refractivity contribution in [1.82, 2.24) is 4.90 Å². The predicted molar refractivity (Wildman–Crippen MR) is 52.3 cm³/mol. The molecule has 0 aromatic carbocycles. The van der Waals surface area contributed by atoms with Crippen LogP contribution in [0.25, 0.3) is 0 Å². The molecule has 0 amide bonds. The average molecular weight is 171 g/mol. The molecule has 0 aliphatic carbocycles. The van der Waals surface area contributed by atoms with Crippen LogP contribution in [0.15, 0.2) is 0 Å². The maximum absolute atomic E-state index is 10.4. The molecule has 1 atom stereocenters. The second-order valence-electron chi connectivity index (χ2n) is 3.27. The van der Waals surface area contributed by atoms with E-state index in [9.17, 15) is 4.79 Å². The Hall–Kier alpha value is -0.370. The van der Waals surface area contributed by atoms with E-state index in [1.54, 1.807) is 0 Å². The fourth-order valence-corrected chi connectivity index (χ4v) is 1.21. The number of hydrogen-bond acceptors (Lipinski definition) is 2. The second kappa shape index (κ2) is 7.29. The van der Waals surface area contributed by atoms with Crippen molar-refractivity contribution in [3.63, 3.8) is 0 Å². The molecule has 1 unspecified atom stereocenters. The fraction of sp³-hybridized carbons (Fsp3) is 0.900. The normalized spacial score (nSPS) is 13.3. The summed E-state index contributed by atoms with van der Waals surface area (Å²) in [6.45, 7) is 8.17. The summed E-state index contributed by atoms with van der Waals surface area (Å²) in [5.41, 5.74) is 0. The van der Waals surface area contributed by atoms with Gasteiger partial charge >= 0.3 is 0 Å². The van der Waals surface area contributed by atoms with Crippen LogP contribution >= 0.6 is 0 Å². The number of nitrogens with zero attached hydrogens (tertiary/aromatic N) is 1. The van der Waals surface area contributed by atoms with E-state index in [0.29, 0.717) is 12.6 Å². The van der Waals surface area contributed by atoms with E-state index in [1.165, 1.54) is 12.8 Å². The van der Waals surface area contributed by atoms with Gasteiger partial charge in [-0.25, -0.2) is 0 Å². The zero-order chi connectivity index (χ0) is 9.40. The van der Waals surface area contributed by atoms with Crippen molar-refractivity contribution >= 4 is 6.29 Å². The molecule has 0 saturated heterocycles. The first-order valence-corrected chi connectivity index (χ1v) is 4.93. The van der Waals surface area contributed by atoms with Gasteiger partial charge in [0.25, 0.3) is 0 Å². The Bertz CT molecular complexity index is 114. The summed E-state index contributed by atoms with van der Waals surface area (Å²) < 4.78 is 0. The van der Waals surface area contributed by atoms with Crippen LogP contribution in [0.1, 0.15) is 40.0 Å². The van der Waals surface area contributed by atoms with Gasteiger partial charge in [0.05, 0.1) is 6.54 Å². The predicted octanol–water partition coefficient (Wildman–Crippen LogP) is 2.09. The van der Waals surface area contributed by atoms with E-state index in [2.05, 4.69) is 25.7 Å². The maximum Gasteiger partial charge on any atom is 0.133 e. The van der Waals surface area contributed by atoms with Gasteiger partial charge in [0.15, 0.2) is 0 Å². The quantitative estimate of drug-likeness (QED) is 0.547. The Balaban J connectivity index is 3.75. The number of unbranched alkanes of at least 4 members (excludes halogenated alkanes) is 1. The van der Waals surface area contributed by atoms with Crippen LogP contribution < -0.4 is 0 Å². The van der Waals surface area contributed by atoms with Crippen molar-refractivity contribution in [2.24, 2.45) is 0 Å². The molecule has 0 aromatic heterocycles. The summed E-state index contributed by atoms with van der Waals surface area (Å²) in [6.07, 6.45) is 4.52. The van der Waals surface area contributed by atoms with Gasteiger partial charge in [-0.3, -0.25) is 4.90 Å². The van der Waals surface area contributed by atoms with E-state index < -0.39 is 0 Å². The zero-order valence-electron chi connectivity index (χ0n) is 8.55. The zero-order valence-corrected chi connectivity index (χ0v) is 8.55. The molecule has 0 heterocycles. The Kier molecular flexibility index (Phi) is 7.06. The number of aldehydes is 1. The maximum atomic E-state index is 10.4. The third kappa shape index (κ3) is 4.50. The molecule has 0 rings (SSSR count). The molecule has 0 saturated carbocycles. The highest BCUT2D eigenvalue weighted by atomic mass is 16.1. The van der Waals surface area contributed by atoms with Gasteiger partial charge in [0, 0.05) is 6.04 Å². The Morgan fingerprint density at radius 2 is 2.08 bits per heavy atom. The molecule has 0 bridgehead atoms. The summed E-state index contributed by atoms with van der Waals surface area (Å²) in [5.74, 6) is 0. The van der Waals surface area contributed by atoms with Gasteiger partial charge in [-0.05, 0) is 26.3 Å². The van der Waals surface area contributed by atoms with Crippen LogP contribution in [0, 0.1) is 0 Å². The molecule has 2 heteroatoms. The fourth-order valence-electron chi connectivity index (χ4n) is 1.21. The highest BCUT2D eigenvalue weighted by Crippen LogP contribution is 2.03. The lowest BCUT2D eigenvalue weighted by Gasteiger charge is -2.25. The van der Waals surface area contributed by atoms with Gasteiger partial charge in [0.1, 0.15) is 6.29 Å². The van der Waals surface area contributed by atoms with Crippen LogP contribution in [-0.2, 0) is 4.79 Å². The molecule has 0 spiro atoms. The summed E-state index contributed by atoms with van der Waals surface area (Å²) >= 11 is 0. The Labute approximate surface area is 75.9 Å². The molecule has 2 nitrogen and oxygen atoms in total. The Morgan fingerprint density at radius 1 is 1.42 bits per heavy atom. The van der Waals surface area contributed by atoms with Gasteiger partial charge in [-0.2, -0.15) is 0 Å². The Morgan fingerprint density at radius 3 is 2.50 bits per heavy atom. The number of rotatable bonds is 7. The van der Waals surface area contributed by atoms with Crippen LogP contribution in [0.4, 0.5) is 0 Å². The second-order valence-corrected chi connectivity index (χ2v) is 3.27. The van der Waals surface area contributed by atoms with Gasteiger partial charge < -0.3 is 4.79 Å². The largest absolute Gasteiger partial charge is 0.302 e. The lowest BCUT2D eigenvalue weighted by atomic mass is 10.2. The van der Waals surface area contributed by atoms with Crippen molar-refractivity contribution < 1.29 is 4.79 Å². The number of carbonyl (C=O) groups excluding carboxylic acids is 1. The lowest BCUT2D eigenvalue weighted by molar-refractivity contribution is -0.109. The molecule has 0 N–H and O–H groups in total. The van der Waals surface area contributed by atoms with Crippen LogP contribution in [0.2, 0.25) is 0 Å². The summed E-state index contributed by atoms with van der Waals surface area (Å²) in [4.78, 5) is 12.6. The number of carbonyl (C=O) groups is 1. The SMILES string of the molecule is CCCCN(CC=O)C(C)CC. The molecule has 12 heavy (non-hydrogen) atoms. The van der Waals surface area contributed by atoms with E-state index in [-0.39, 0.29) is 0 Å². The molecule has 72 valence electrons. The van der Waals surface area contributed by atoms with Crippen molar-refractivity contribution in [1.29, 1.82) is 0 Å². The molecular formula is C10H21NO. The van der Waals surface area contributed by atoms with Crippen LogP contribution in [0.3, 0.4) is 0 Å². The molecule has 0 aliphatic heterocycles. The van der Waals surface area contributed by atoms with Crippen molar-refractivity contribution in [3.8, 4) is 0 Å². The smallest absolute Gasteiger partial charge is 0.133 e. The van der Waals surface area contributed by atoms with E-state index in [0.717, 1.165) is 19.3 Å².